The van der Waals surface area contributed by atoms with E-state index in [0.717, 1.165) is 4.47 Å². The zero-order chi connectivity index (χ0) is 15.0. The van der Waals surface area contributed by atoms with Gasteiger partial charge in [-0.3, -0.25) is 0 Å². The summed E-state index contributed by atoms with van der Waals surface area (Å²) in [6, 6.07) is 11.9. The summed E-state index contributed by atoms with van der Waals surface area (Å²) in [7, 11) is 1.31. The number of methoxy groups -OCH3 is 1. The predicted molar refractivity (Wildman–Crippen MR) is 80.9 cm³/mol. The quantitative estimate of drug-likeness (QED) is 0.668. The molecule has 3 rings (SSSR count). The van der Waals surface area contributed by atoms with Crippen LogP contribution < -0.4 is 5.76 Å². The number of fused-ring (bicyclic) bond motifs is 1. The number of esters is 1. The Bertz CT molecular complexity index is 877. The number of aromatic nitrogens is 1. The highest BCUT2D eigenvalue weighted by Gasteiger charge is 2.14. The number of rotatable bonds is 2. The van der Waals surface area contributed by atoms with Crippen molar-refractivity contribution in [1.29, 1.82) is 0 Å². The van der Waals surface area contributed by atoms with E-state index in [1.807, 2.05) is 12.1 Å². The van der Waals surface area contributed by atoms with E-state index in [-0.39, 0.29) is 0 Å². The first-order valence-electron chi connectivity index (χ1n) is 6.10. The van der Waals surface area contributed by atoms with Gasteiger partial charge in [0.05, 0.1) is 23.9 Å². The Morgan fingerprint density at radius 2 is 1.90 bits per heavy atom. The van der Waals surface area contributed by atoms with E-state index in [9.17, 15) is 9.59 Å². The molecule has 0 bridgehead atoms. The summed E-state index contributed by atoms with van der Waals surface area (Å²) in [6.45, 7) is 0. The lowest BCUT2D eigenvalue weighted by Gasteiger charge is -2.03. The summed E-state index contributed by atoms with van der Waals surface area (Å²) in [5.74, 6) is -0.970. The molecule has 3 aromatic rings. The summed E-state index contributed by atoms with van der Waals surface area (Å²) in [6.07, 6.45) is 0. The molecule has 5 nitrogen and oxygen atoms in total. The topological polar surface area (TPSA) is 61.4 Å². The molecule has 6 heteroatoms. The third kappa shape index (κ3) is 2.38. The Labute approximate surface area is 127 Å². The molecule has 1 aromatic heterocycles. The number of carbonyl (C=O) groups is 1. The lowest BCUT2D eigenvalue weighted by Crippen LogP contribution is -2.11. The summed E-state index contributed by atoms with van der Waals surface area (Å²) in [4.78, 5) is 23.7. The molecule has 0 aliphatic heterocycles. The number of oxazole rings is 1. The molecule has 0 unspecified atom stereocenters. The first-order chi connectivity index (χ1) is 10.1. The molecule has 0 atom stereocenters. The SMILES string of the molecule is COC(=O)c1ccc2oc(=O)n(-c3ccc(Br)cc3)c2c1. The first-order valence-corrected chi connectivity index (χ1v) is 6.89. The van der Waals surface area contributed by atoms with Crippen molar-refractivity contribution < 1.29 is 13.9 Å². The molecule has 0 saturated heterocycles. The van der Waals surface area contributed by atoms with E-state index < -0.39 is 11.7 Å². The standard InChI is InChI=1S/C15H10BrNO4/c1-20-14(18)9-2-7-13-12(8-9)17(15(19)21-13)11-5-3-10(16)4-6-11/h2-8H,1H3. The van der Waals surface area contributed by atoms with Crippen LogP contribution in [0.1, 0.15) is 10.4 Å². The van der Waals surface area contributed by atoms with Crippen LogP contribution in [0.4, 0.5) is 0 Å². The van der Waals surface area contributed by atoms with Gasteiger partial charge in [0, 0.05) is 4.47 Å². The Morgan fingerprint density at radius 3 is 2.57 bits per heavy atom. The maximum absolute atomic E-state index is 12.0. The smallest absolute Gasteiger partial charge is 0.424 e. The van der Waals surface area contributed by atoms with Crippen LogP contribution in [0.2, 0.25) is 0 Å². The second-order valence-electron chi connectivity index (χ2n) is 4.35. The van der Waals surface area contributed by atoms with Gasteiger partial charge in [0.15, 0.2) is 5.58 Å². The second kappa shape index (κ2) is 5.21. The van der Waals surface area contributed by atoms with Gasteiger partial charge in [0.25, 0.3) is 0 Å². The Kier molecular flexibility index (Phi) is 3.39. The fourth-order valence-corrected chi connectivity index (χ4v) is 2.36. The monoisotopic (exact) mass is 347 g/mol. The summed E-state index contributed by atoms with van der Waals surface area (Å²) in [5.41, 5.74) is 1.95. The molecule has 106 valence electrons. The van der Waals surface area contributed by atoms with E-state index in [4.69, 9.17) is 9.15 Å². The molecule has 0 amide bonds. The van der Waals surface area contributed by atoms with Gasteiger partial charge in [-0.25, -0.2) is 14.2 Å². The van der Waals surface area contributed by atoms with Crippen molar-refractivity contribution in [3.8, 4) is 5.69 Å². The number of hydrogen-bond donors (Lipinski definition) is 0. The van der Waals surface area contributed by atoms with Gasteiger partial charge in [-0.1, -0.05) is 15.9 Å². The van der Waals surface area contributed by atoms with Crippen LogP contribution in [-0.2, 0) is 4.74 Å². The third-order valence-electron chi connectivity index (χ3n) is 3.09. The molecule has 0 radical (unpaired) electrons. The molecule has 2 aromatic carbocycles. The summed E-state index contributed by atoms with van der Waals surface area (Å²) >= 11 is 3.35. The van der Waals surface area contributed by atoms with Crippen molar-refractivity contribution in [3.05, 3.63) is 63.1 Å². The van der Waals surface area contributed by atoms with Crippen LogP contribution in [-0.4, -0.2) is 17.6 Å². The van der Waals surface area contributed by atoms with Gasteiger partial charge in [-0.15, -0.1) is 0 Å². The Balaban J connectivity index is 2.26. The van der Waals surface area contributed by atoms with Crippen molar-refractivity contribution in [2.45, 2.75) is 0 Å². The lowest BCUT2D eigenvalue weighted by molar-refractivity contribution is 0.0601. The maximum atomic E-state index is 12.0. The minimum Gasteiger partial charge on any atom is -0.465 e. The largest absolute Gasteiger partial charge is 0.465 e. The minimum absolute atomic E-state index is 0.358. The van der Waals surface area contributed by atoms with E-state index >= 15 is 0 Å². The van der Waals surface area contributed by atoms with Crippen molar-refractivity contribution in [1.82, 2.24) is 4.57 Å². The number of halogens is 1. The molecule has 0 spiro atoms. The molecule has 0 aliphatic rings. The van der Waals surface area contributed by atoms with Crippen LogP contribution >= 0.6 is 15.9 Å². The van der Waals surface area contributed by atoms with Crippen LogP contribution in [0.3, 0.4) is 0 Å². The highest BCUT2D eigenvalue weighted by Crippen LogP contribution is 2.21. The molecular weight excluding hydrogens is 338 g/mol. The Morgan fingerprint density at radius 1 is 1.19 bits per heavy atom. The third-order valence-corrected chi connectivity index (χ3v) is 3.61. The highest BCUT2D eigenvalue weighted by molar-refractivity contribution is 9.10. The lowest BCUT2D eigenvalue weighted by atomic mass is 10.2. The average molecular weight is 348 g/mol. The molecule has 1 heterocycles. The van der Waals surface area contributed by atoms with Gasteiger partial charge in [-0.05, 0) is 42.5 Å². The average Bonchev–Trinajstić information content (AvgIpc) is 2.82. The van der Waals surface area contributed by atoms with Crippen molar-refractivity contribution in [2.24, 2.45) is 0 Å². The zero-order valence-corrected chi connectivity index (χ0v) is 12.6. The molecule has 0 aliphatic carbocycles. The van der Waals surface area contributed by atoms with E-state index in [2.05, 4.69) is 15.9 Å². The molecular formula is C15H10BrNO4. The fourth-order valence-electron chi connectivity index (χ4n) is 2.10. The van der Waals surface area contributed by atoms with Crippen molar-refractivity contribution >= 4 is 33.0 Å². The summed E-state index contributed by atoms with van der Waals surface area (Å²) in [5, 5.41) is 0. The zero-order valence-electron chi connectivity index (χ0n) is 11.0. The number of hydrogen-bond acceptors (Lipinski definition) is 4. The van der Waals surface area contributed by atoms with Gasteiger partial charge in [0.1, 0.15) is 0 Å². The van der Waals surface area contributed by atoms with Gasteiger partial charge in [0.2, 0.25) is 0 Å². The van der Waals surface area contributed by atoms with Gasteiger partial charge in [-0.2, -0.15) is 0 Å². The van der Waals surface area contributed by atoms with Gasteiger partial charge < -0.3 is 9.15 Å². The molecule has 0 N–H and O–H groups in total. The van der Waals surface area contributed by atoms with Crippen molar-refractivity contribution in [2.75, 3.05) is 7.11 Å². The molecule has 21 heavy (non-hydrogen) atoms. The van der Waals surface area contributed by atoms with Crippen LogP contribution in [0.5, 0.6) is 0 Å². The van der Waals surface area contributed by atoms with Crippen molar-refractivity contribution in [3.63, 3.8) is 0 Å². The highest BCUT2D eigenvalue weighted by atomic mass is 79.9. The first kappa shape index (κ1) is 13.6. The van der Waals surface area contributed by atoms with Crippen LogP contribution in [0.25, 0.3) is 16.8 Å². The number of carbonyl (C=O) groups excluding carboxylic acids is 1. The maximum Gasteiger partial charge on any atom is 0.424 e. The Hall–Kier alpha value is -2.34. The van der Waals surface area contributed by atoms with Gasteiger partial charge >= 0.3 is 11.7 Å². The predicted octanol–water partition coefficient (Wildman–Crippen LogP) is 3.13. The number of nitrogens with zero attached hydrogens (tertiary/aromatic N) is 1. The minimum atomic E-state index is -0.505. The number of ether oxygens (including phenoxy) is 1. The number of benzene rings is 2. The second-order valence-corrected chi connectivity index (χ2v) is 5.27. The molecule has 0 fully saturated rings. The fraction of sp³-hybridized carbons (Fsp3) is 0.0667. The van der Waals surface area contributed by atoms with E-state index in [0.29, 0.717) is 22.4 Å². The normalized spacial score (nSPS) is 10.8. The van der Waals surface area contributed by atoms with E-state index in [1.165, 1.54) is 11.7 Å². The molecule has 0 saturated carbocycles. The summed E-state index contributed by atoms with van der Waals surface area (Å²) < 4.78 is 12.2. The van der Waals surface area contributed by atoms with E-state index in [1.54, 1.807) is 30.3 Å². The van der Waals surface area contributed by atoms with Crippen LogP contribution in [0, 0.1) is 0 Å². The van der Waals surface area contributed by atoms with Crippen LogP contribution in [0.15, 0.2) is 56.1 Å².